The van der Waals surface area contributed by atoms with Crippen molar-refractivity contribution in [3.8, 4) is 0 Å². The van der Waals surface area contributed by atoms with Gasteiger partial charge in [-0.3, -0.25) is 4.79 Å². The summed E-state index contributed by atoms with van der Waals surface area (Å²) in [6.07, 6.45) is -4.68. The van der Waals surface area contributed by atoms with Crippen LogP contribution < -0.4 is 10.0 Å². The minimum atomic E-state index is -4.68. The first-order valence-corrected chi connectivity index (χ1v) is 8.29. The summed E-state index contributed by atoms with van der Waals surface area (Å²) in [5.41, 5.74) is -0.0472. The fraction of sp³-hybridized carbons (Fsp3) is 0.133. The Kier molecular flexibility index (Phi) is 5.43. The molecule has 2 aromatic carbocycles. The van der Waals surface area contributed by atoms with Crippen LogP contribution in [-0.2, 0) is 10.0 Å². The molecule has 2 N–H and O–H groups in total. The average Bonchev–Trinajstić information content (AvgIpc) is 2.53. The second-order valence-corrected chi connectivity index (χ2v) is 6.67. The number of alkyl halides is 3. The summed E-state index contributed by atoms with van der Waals surface area (Å²) in [4.78, 5) is 11.5. The maximum atomic E-state index is 13.5. The molecule has 25 heavy (non-hydrogen) atoms. The maximum Gasteiger partial charge on any atom is 0.402 e. The van der Waals surface area contributed by atoms with Crippen LogP contribution in [0.2, 0.25) is 0 Å². The highest BCUT2D eigenvalue weighted by molar-refractivity contribution is 7.89. The van der Waals surface area contributed by atoms with Crippen molar-refractivity contribution in [2.45, 2.75) is 11.1 Å². The Morgan fingerprint density at radius 3 is 2.16 bits per heavy atom. The van der Waals surface area contributed by atoms with Gasteiger partial charge in [-0.05, 0) is 36.4 Å². The van der Waals surface area contributed by atoms with E-state index in [9.17, 15) is 30.8 Å². The summed E-state index contributed by atoms with van der Waals surface area (Å²) in [5.74, 6) is -1.47. The van der Waals surface area contributed by atoms with Crippen molar-refractivity contribution in [2.75, 3.05) is 11.9 Å². The quantitative estimate of drug-likeness (QED) is 0.788. The number of benzene rings is 2. The largest absolute Gasteiger partial charge is 0.402 e. The van der Waals surface area contributed by atoms with Gasteiger partial charge in [-0.2, -0.15) is 13.2 Å². The lowest BCUT2D eigenvalue weighted by molar-refractivity contribution is -0.121. The van der Waals surface area contributed by atoms with Gasteiger partial charge < -0.3 is 5.32 Å². The first-order valence-electron chi connectivity index (χ1n) is 6.81. The van der Waals surface area contributed by atoms with Gasteiger partial charge in [0.15, 0.2) is 0 Å². The zero-order valence-electron chi connectivity index (χ0n) is 12.5. The van der Waals surface area contributed by atoms with E-state index in [2.05, 4.69) is 5.32 Å². The van der Waals surface area contributed by atoms with Crippen molar-refractivity contribution < 1.29 is 30.8 Å². The standard InChI is InChI=1S/C15H12F4N2O3S/c16-13-4-2-1-3-12(13)14(22)21-10-5-7-11(8-6-10)25(23,24)20-9-15(17,18)19/h1-8,20H,9H2,(H,21,22). The SMILES string of the molecule is O=C(Nc1ccc(S(=O)(=O)NCC(F)(F)F)cc1)c1ccccc1F. The number of amides is 1. The number of anilines is 1. The number of nitrogens with one attached hydrogen (secondary N) is 2. The van der Waals surface area contributed by atoms with Crippen LogP contribution in [0.15, 0.2) is 53.4 Å². The van der Waals surface area contributed by atoms with E-state index < -0.39 is 39.4 Å². The average molecular weight is 376 g/mol. The minimum Gasteiger partial charge on any atom is -0.322 e. The summed E-state index contributed by atoms with van der Waals surface area (Å²) >= 11 is 0. The molecule has 10 heteroatoms. The van der Waals surface area contributed by atoms with E-state index >= 15 is 0 Å². The molecular formula is C15H12F4N2O3S. The van der Waals surface area contributed by atoms with E-state index in [0.717, 1.165) is 18.2 Å². The highest BCUT2D eigenvalue weighted by atomic mass is 32.2. The van der Waals surface area contributed by atoms with Gasteiger partial charge in [0.25, 0.3) is 5.91 Å². The molecule has 2 rings (SSSR count). The second-order valence-electron chi connectivity index (χ2n) is 4.90. The van der Waals surface area contributed by atoms with Crippen molar-refractivity contribution in [3.63, 3.8) is 0 Å². The van der Waals surface area contributed by atoms with Crippen LogP contribution in [0.25, 0.3) is 0 Å². The van der Waals surface area contributed by atoms with E-state index in [1.807, 2.05) is 0 Å². The van der Waals surface area contributed by atoms with Crippen LogP contribution in [0.1, 0.15) is 10.4 Å². The first kappa shape index (κ1) is 18.9. The molecular weight excluding hydrogens is 364 g/mol. The number of rotatable bonds is 5. The lowest BCUT2D eigenvalue weighted by Crippen LogP contribution is -2.33. The van der Waals surface area contributed by atoms with Crippen LogP contribution in [-0.4, -0.2) is 27.0 Å². The predicted octanol–water partition coefficient (Wildman–Crippen LogP) is 2.92. The second kappa shape index (κ2) is 7.19. The third-order valence-corrected chi connectivity index (χ3v) is 4.42. The molecule has 0 aromatic heterocycles. The Morgan fingerprint density at radius 2 is 1.60 bits per heavy atom. The molecule has 0 aliphatic heterocycles. The molecule has 1 amide bonds. The normalized spacial score (nSPS) is 12.0. The maximum absolute atomic E-state index is 13.5. The zero-order chi connectivity index (χ0) is 18.7. The molecule has 5 nitrogen and oxygen atoms in total. The van der Waals surface area contributed by atoms with Gasteiger partial charge in [0, 0.05) is 5.69 Å². The lowest BCUT2D eigenvalue weighted by Gasteiger charge is -2.10. The van der Waals surface area contributed by atoms with Crippen LogP contribution >= 0.6 is 0 Å². The molecule has 0 unspecified atom stereocenters. The number of halogens is 4. The van der Waals surface area contributed by atoms with Gasteiger partial charge in [0.05, 0.1) is 10.5 Å². The molecule has 0 fully saturated rings. The topological polar surface area (TPSA) is 75.3 Å². The van der Waals surface area contributed by atoms with Gasteiger partial charge >= 0.3 is 6.18 Å². The van der Waals surface area contributed by atoms with Crippen molar-refractivity contribution >= 4 is 21.6 Å². The van der Waals surface area contributed by atoms with Gasteiger partial charge in [0.2, 0.25) is 10.0 Å². The van der Waals surface area contributed by atoms with Gasteiger partial charge in [-0.15, -0.1) is 0 Å². The fourth-order valence-electron chi connectivity index (χ4n) is 1.82. The molecule has 0 aliphatic rings. The molecule has 0 spiro atoms. The summed E-state index contributed by atoms with van der Waals surface area (Å²) in [7, 11) is -4.34. The van der Waals surface area contributed by atoms with Crippen molar-refractivity contribution in [1.29, 1.82) is 0 Å². The Labute approximate surface area is 140 Å². The molecule has 0 bridgehead atoms. The summed E-state index contributed by atoms with van der Waals surface area (Å²) in [5, 5.41) is 2.36. The molecule has 0 saturated heterocycles. The van der Waals surface area contributed by atoms with Gasteiger partial charge in [-0.1, -0.05) is 12.1 Å². The van der Waals surface area contributed by atoms with Crippen molar-refractivity contribution in [3.05, 3.63) is 59.9 Å². The third-order valence-electron chi connectivity index (χ3n) is 3.00. The Hall–Kier alpha value is -2.46. The van der Waals surface area contributed by atoms with E-state index in [0.29, 0.717) is 0 Å². The molecule has 0 atom stereocenters. The van der Waals surface area contributed by atoms with E-state index in [1.54, 1.807) is 0 Å². The molecule has 2 aromatic rings. The summed E-state index contributed by atoms with van der Waals surface area (Å²) < 4.78 is 74.7. The number of sulfonamides is 1. The predicted molar refractivity (Wildman–Crippen MR) is 82.0 cm³/mol. The molecule has 0 radical (unpaired) electrons. The van der Waals surface area contributed by atoms with Crippen LogP contribution in [0.4, 0.5) is 23.2 Å². The molecule has 0 saturated carbocycles. The Bertz CT molecular complexity index is 865. The smallest absolute Gasteiger partial charge is 0.322 e. The number of hydrogen-bond donors (Lipinski definition) is 2. The van der Waals surface area contributed by atoms with Gasteiger partial charge in [-0.25, -0.2) is 17.5 Å². The Morgan fingerprint density at radius 1 is 1.00 bits per heavy atom. The third kappa shape index (κ3) is 5.26. The van der Waals surface area contributed by atoms with Crippen molar-refractivity contribution in [1.82, 2.24) is 4.72 Å². The molecule has 0 aliphatic carbocycles. The van der Waals surface area contributed by atoms with E-state index in [4.69, 9.17) is 0 Å². The molecule has 134 valence electrons. The van der Waals surface area contributed by atoms with Crippen LogP contribution in [0.3, 0.4) is 0 Å². The Balaban J connectivity index is 2.10. The first-order chi connectivity index (χ1) is 11.6. The number of hydrogen-bond acceptors (Lipinski definition) is 3. The highest BCUT2D eigenvalue weighted by Crippen LogP contribution is 2.18. The zero-order valence-corrected chi connectivity index (χ0v) is 13.3. The number of carbonyl (C=O) groups is 1. The minimum absolute atomic E-state index is 0.156. The summed E-state index contributed by atoms with van der Waals surface area (Å²) in [6, 6.07) is 9.67. The van der Waals surface area contributed by atoms with Crippen molar-refractivity contribution in [2.24, 2.45) is 0 Å². The van der Waals surface area contributed by atoms with Crippen LogP contribution in [0.5, 0.6) is 0 Å². The molecule has 0 heterocycles. The monoisotopic (exact) mass is 376 g/mol. The van der Waals surface area contributed by atoms with E-state index in [-0.39, 0.29) is 11.3 Å². The highest BCUT2D eigenvalue weighted by Gasteiger charge is 2.30. The van der Waals surface area contributed by atoms with Crippen LogP contribution in [0, 0.1) is 5.82 Å². The summed E-state index contributed by atoms with van der Waals surface area (Å²) in [6.45, 7) is -1.69. The lowest BCUT2D eigenvalue weighted by atomic mass is 10.2. The number of carbonyl (C=O) groups excluding carboxylic acids is 1. The fourth-order valence-corrected chi connectivity index (χ4v) is 2.84. The van der Waals surface area contributed by atoms with Gasteiger partial charge in [0.1, 0.15) is 12.4 Å². The van der Waals surface area contributed by atoms with E-state index in [1.165, 1.54) is 35.1 Å².